The summed E-state index contributed by atoms with van der Waals surface area (Å²) < 4.78 is 7.57. The van der Waals surface area contributed by atoms with Crippen molar-refractivity contribution in [3.8, 4) is 22.8 Å². The van der Waals surface area contributed by atoms with Gasteiger partial charge in [-0.05, 0) is 48.6 Å². The Morgan fingerprint density at radius 3 is 2.65 bits per heavy atom. The molecule has 2 aromatic heterocycles. The number of ether oxygens (including phenoxy) is 1. The van der Waals surface area contributed by atoms with Crippen molar-refractivity contribution in [2.45, 2.75) is 0 Å². The van der Waals surface area contributed by atoms with E-state index in [2.05, 4.69) is 15.2 Å². The van der Waals surface area contributed by atoms with Crippen LogP contribution in [0.25, 0.3) is 17.1 Å². The highest BCUT2D eigenvalue weighted by Gasteiger charge is 2.10. The molecule has 0 atom stereocenters. The molecule has 0 fully saturated rings. The van der Waals surface area contributed by atoms with Gasteiger partial charge in [-0.15, -0.1) is 0 Å². The lowest BCUT2D eigenvalue weighted by atomic mass is 10.2. The van der Waals surface area contributed by atoms with E-state index in [1.54, 1.807) is 19.5 Å². The Hall–Kier alpha value is -2.47. The van der Waals surface area contributed by atoms with E-state index in [0.717, 1.165) is 22.8 Å². The molecule has 0 aliphatic rings. The first-order valence-corrected chi connectivity index (χ1v) is 6.42. The van der Waals surface area contributed by atoms with Crippen LogP contribution in [0.3, 0.4) is 0 Å². The molecule has 0 amide bonds. The van der Waals surface area contributed by atoms with Crippen molar-refractivity contribution in [3.63, 3.8) is 0 Å². The summed E-state index contributed by atoms with van der Waals surface area (Å²) in [5.41, 5.74) is 1.82. The van der Waals surface area contributed by atoms with Crippen molar-refractivity contribution in [2.75, 3.05) is 7.11 Å². The van der Waals surface area contributed by atoms with Gasteiger partial charge >= 0.3 is 0 Å². The van der Waals surface area contributed by atoms with Crippen LogP contribution >= 0.6 is 12.2 Å². The van der Waals surface area contributed by atoms with Gasteiger partial charge in [0.2, 0.25) is 0 Å². The Balaban J connectivity index is 2.14. The van der Waals surface area contributed by atoms with Gasteiger partial charge in [0, 0.05) is 18.0 Å². The summed E-state index contributed by atoms with van der Waals surface area (Å²) in [4.78, 5) is 4.11. The highest BCUT2D eigenvalue weighted by Crippen LogP contribution is 2.22. The molecule has 0 aliphatic heterocycles. The summed E-state index contributed by atoms with van der Waals surface area (Å²) in [5, 5.41) is 7.10. The summed E-state index contributed by atoms with van der Waals surface area (Å²) in [5.74, 6) is 1.53. The third kappa shape index (κ3) is 2.21. The van der Waals surface area contributed by atoms with Crippen molar-refractivity contribution in [3.05, 3.63) is 53.6 Å². The predicted octanol–water partition coefficient (Wildman–Crippen LogP) is 3.00. The quantitative estimate of drug-likeness (QED) is 0.751. The number of methoxy groups -OCH3 is 1. The van der Waals surface area contributed by atoms with Gasteiger partial charge in [0.25, 0.3) is 0 Å². The van der Waals surface area contributed by atoms with Crippen LogP contribution in [0.5, 0.6) is 5.75 Å². The molecule has 0 aliphatic carbocycles. The topological polar surface area (TPSA) is 55.7 Å². The van der Waals surface area contributed by atoms with Gasteiger partial charge in [-0.1, -0.05) is 0 Å². The third-order valence-corrected chi connectivity index (χ3v) is 3.20. The lowest BCUT2D eigenvalue weighted by molar-refractivity contribution is 0.414. The van der Waals surface area contributed by atoms with Crippen LogP contribution in [-0.2, 0) is 0 Å². The van der Waals surface area contributed by atoms with Crippen LogP contribution < -0.4 is 4.74 Å². The number of pyridine rings is 1. The number of benzene rings is 1. The fourth-order valence-electron chi connectivity index (χ4n) is 1.96. The highest BCUT2D eigenvalue weighted by atomic mass is 32.1. The molecule has 20 heavy (non-hydrogen) atoms. The minimum atomic E-state index is 0.536. The first kappa shape index (κ1) is 12.6. The number of H-pyrrole nitrogens is 1. The van der Waals surface area contributed by atoms with E-state index in [-0.39, 0.29) is 0 Å². The molecule has 6 heteroatoms. The molecular weight excluding hydrogens is 272 g/mol. The maximum absolute atomic E-state index is 5.31. The minimum absolute atomic E-state index is 0.536. The van der Waals surface area contributed by atoms with E-state index in [1.165, 1.54) is 0 Å². The molecule has 0 saturated carbocycles. The minimum Gasteiger partial charge on any atom is -0.497 e. The van der Waals surface area contributed by atoms with Crippen LogP contribution in [0.15, 0.2) is 48.8 Å². The molecule has 5 nitrogen and oxygen atoms in total. The number of hydrogen-bond donors (Lipinski definition) is 1. The first-order chi connectivity index (χ1) is 9.79. The number of rotatable bonds is 3. The zero-order valence-corrected chi connectivity index (χ0v) is 11.6. The summed E-state index contributed by atoms with van der Waals surface area (Å²) in [6.07, 6.45) is 3.48. The Bertz CT molecular complexity index is 762. The number of hydrogen-bond acceptors (Lipinski definition) is 4. The number of aromatic amines is 1. The lowest BCUT2D eigenvalue weighted by Gasteiger charge is -2.07. The summed E-state index contributed by atoms with van der Waals surface area (Å²) in [6, 6.07) is 11.5. The SMILES string of the molecule is COc1ccc(-n2c(-c3cccnc3)n[nH]c2=S)cc1. The fourth-order valence-corrected chi connectivity index (χ4v) is 2.19. The van der Waals surface area contributed by atoms with E-state index in [0.29, 0.717) is 4.77 Å². The van der Waals surface area contributed by atoms with Crippen molar-refractivity contribution < 1.29 is 4.74 Å². The van der Waals surface area contributed by atoms with Crippen molar-refractivity contribution in [1.82, 2.24) is 19.7 Å². The van der Waals surface area contributed by atoms with E-state index >= 15 is 0 Å². The van der Waals surface area contributed by atoms with Crippen LogP contribution in [0, 0.1) is 4.77 Å². The second kappa shape index (κ2) is 5.26. The van der Waals surface area contributed by atoms with Crippen molar-refractivity contribution >= 4 is 12.2 Å². The number of aromatic nitrogens is 4. The van der Waals surface area contributed by atoms with Gasteiger partial charge in [-0.25, -0.2) is 0 Å². The maximum Gasteiger partial charge on any atom is 0.200 e. The first-order valence-electron chi connectivity index (χ1n) is 6.02. The van der Waals surface area contributed by atoms with E-state index in [1.807, 2.05) is 41.0 Å². The summed E-state index contributed by atoms with van der Waals surface area (Å²) in [6.45, 7) is 0. The van der Waals surface area contributed by atoms with Gasteiger partial charge in [0.1, 0.15) is 5.75 Å². The van der Waals surface area contributed by atoms with E-state index < -0.39 is 0 Å². The molecule has 2 heterocycles. The zero-order chi connectivity index (χ0) is 13.9. The zero-order valence-electron chi connectivity index (χ0n) is 10.8. The molecule has 0 radical (unpaired) electrons. The Labute approximate surface area is 120 Å². The van der Waals surface area contributed by atoms with Gasteiger partial charge in [0.05, 0.1) is 12.8 Å². The molecule has 0 saturated heterocycles. The van der Waals surface area contributed by atoms with Crippen LogP contribution in [0.4, 0.5) is 0 Å². The van der Waals surface area contributed by atoms with E-state index in [4.69, 9.17) is 17.0 Å². The largest absolute Gasteiger partial charge is 0.497 e. The standard InChI is InChI=1S/C14H12N4OS/c1-19-12-6-4-11(5-7-12)18-13(16-17-14(18)20)10-3-2-8-15-9-10/h2-9H,1H3,(H,17,20). The fraction of sp³-hybridized carbons (Fsp3) is 0.0714. The average Bonchev–Trinajstić information content (AvgIpc) is 2.90. The molecule has 1 N–H and O–H groups in total. The van der Waals surface area contributed by atoms with Gasteiger partial charge < -0.3 is 4.74 Å². The normalized spacial score (nSPS) is 10.4. The second-order valence-corrected chi connectivity index (χ2v) is 4.51. The third-order valence-electron chi connectivity index (χ3n) is 2.92. The lowest BCUT2D eigenvalue weighted by Crippen LogP contribution is -1.98. The highest BCUT2D eigenvalue weighted by molar-refractivity contribution is 7.71. The van der Waals surface area contributed by atoms with Crippen LogP contribution in [-0.4, -0.2) is 26.9 Å². The molecule has 3 aromatic rings. The van der Waals surface area contributed by atoms with Crippen molar-refractivity contribution in [1.29, 1.82) is 0 Å². The number of nitrogens with one attached hydrogen (secondary N) is 1. The predicted molar refractivity (Wildman–Crippen MR) is 78.5 cm³/mol. The van der Waals surface area contributed by atoms with Crippen LogP contribution in [0.1, 0.15) is 0 Å². The smallest absolute Gasteiger partial charge is 0.200 e. The van der Waals surface area contributed by atoms with Gasteiger partial charge in [0.15, 0.2) is 10.6 Å². The van der Waals surface area contributed by atoms with Gasteiger partial charge in [-0.2, -0.15) is 5.10 Å². The van der Waals surface area contributed by atoms with Gasteiger partial charge in [-0.3, -0.25) is 14.6 Å². The van der Waals surface area contributed by atoms with Crippen LogP contribution in [0.2, 0.25) is 0 Å². The number of nitrogens with zero attached hydrogens (tertiary/aromatic N) is 3. The molecule has 0 unspecified atom stereocenters. The molecule has 0 spiro atoms. The molecule has 3 rings (SSSR count). The molecule has 1 aromatic carbocycles. The maximum atomic E-state index is 5.31. The van der Waals surface area contributed by atoms with Crippen molar-refractivity contribution in [2.24, 2.45) is 0 Å². The Kier molecular flexibility index (Phi) is 3.30. The monoisotopic (exact) mass is 284 g/mol. The summed E-state index contributed by atoms with van der Waals surface area (Å²) >= 11 is 5.31. The Morgan fingerprint density at radius 2 is 2.00 bits per heavy atom. The Morgan fingerprint density at radius 1 is 1.20 bits per heavy atom. The molecule has 0 bridgehead atoms. The molecular formula is C14H12N4OS. The second-order valence-electron chi connectivity index (χ2n) is 4.13. The summed E-state index contributed by atoms with van der Waals surface area (Å²) in [7, 11) is 1.64. The average molecular weight is 284 g/mol. The molecule has 100 valence electrons. The van der Waals surface area contributed by atoms with E-state index in [9.17, 15) is 0 Å².